The lowest BCUT2D eigenvalue weighted by Gasteiger charge is -2.15. The zero-order chi connectivity index (χ0) is 18.1. The molecule has 0 spiro atoms. The second kappa shape index (κ2) is 6.64. The number of ether oxygens (including phenoxy) is 1. The predicted molar refractivity (Wildman–Crippen MR) is 98.3 cm³/mol. The van der Waals surface area contributed by atoms with E-state index in [2.05, 4.69) is 5.32 Å². The second-order valence-corrected chi connectivity index (χ2v) is 6.19. The van der Waals surface area contributed by atoms with Gasteiger partial charge in [-0.2, -0.15) is 0 Å². The number of benzene rings is 2. The minimum atomic E-state index is -0.727. The lowest BCUT2D eigenvalue weighted by Crippen LogP contribution is -2.30. The van der Waals surface area contributed by atoms with Crippen LogP contribution in [0, 0.1) is 0 Å². The summed E-state index contributed by atoms with van der Waals surface area (Å²) in [5.41, 5.74) is 2.01. The monoisotopic (exact) mass is 359 g/mol. The molecule has 0 bridgehead atoms. The Morgan fingerprint density at radius 1 is 1.12 bits per heavy atom. The molecule has 1 amide bonds. The summed E-state index contributed by atoms with van der Waals surface area (Å²) >= 11 is 6.04. The van der Waals surface area contributed by atoms with Crippen LogP contribution < -0.4 is 15.7 Å². The Hall–Kier alpha value is -2.73. The Morgan fingerprint density at radius 3 is 2.52 bits per heavy atom. The fourth-order valence-corrected chi connectivity index (χ4v) is 2.79. The molecule has 1 heterocycles. The van der Waals surface area contributed by atoms with Crippen molar-refractivity contribution in [3.05, 3.63) is 58.0 Å². The molecule has 3 aromatic rings. The van der Waals surface area contributed by atoms with Gasteiger partial charge in [-0.3, -0.25) is 13.9 Å². The van der Waals surface area contributed by atoms with Crippen molar-refractivity contribution in [3.8, 4) is 5.75 Å². The van der Waals surface area contributed by atoms with Gasteiger partial charge in [0.25, 0.3) is 5.91 Å². The number of nitrogens with zero attached hydrogens (tertiary/aromatic N) is 2. The number of hydrogen-bond acceptors (Lipinski definition) is 3. The van der Waals surface area contributed by atoms with E-state index in [4.69, 9.17) is 16.3 Å². The van der Waals surface area contributed by atoms with Gasteiger partial charge in [-0.25, -0.2) is 4.79 Å². The van der Waals surface area contributed by atoms with Crippen LogP contribution in [0.4, 0.5) is 5.69 Å². The molecule has 6 nitrogen and oxygen atoms in total. The number of aromatic nitrogens is 2. The highest BCUT2D eigenvalue weighted by molar-refractivity contribution is 6.32. The third-order valence-electron chi connectivity index (χ3n) is 4.05. The first-order valence-corrected chi connectivity index (χ1v) is 8.14. The third kappa shape index (κ3) is 3.25. The van der Waals surface area contributed by atoms with Crippen molar-refractivity contribution in [2.24, 2.45) is 14.1 Å². The Labute approximate surface area is 149 Å². The van der Waals surface area contributed by atoms with Crippen LogP contribution in [0.2, 0.25) is 5.02 Å². The van der Waals surface area contributed by atoms with Crippen molar-refractivity contribution in [3.63, 3.8) is 0 Å². The lowest BCUT2D eigenvalue weighted by atomic mass is 10.2. The molecule has 1 N–H and O–H groups in total. The van der Waals surface area contributed by atoms with Crippen molar-refractivity contribution in [1.29, 1.82) is 0 Å². The first kappa shape index (κ1) is 17.1. The van der Waals surface area contributed by atoms with Crippen LogP contribution in [0.25, 0.3) is 11.0 Å². The maximum absolute atomic E-state index is 12.4. The van der Waals surface area contributed by atoms with Gasteiger partial charge < -0.3 is 10.1 Å². The standard InChI is InChI=1S/C18H18ClN3O3/c1-11(25-16-7-5-4-6-13(16)19)17(23)20-12-8-9-14-15(10-12)22(3)18(24)21(14)2/h4-11H,1-3H3,(H,20,23). The zero-order valence-corrected chi connectivity index (χ0v) is 14.9. The predicted octanol–water partition coefficient (Wildman–Crippen LogP) is 2.94. The normalized spacial score (nSPS) is 12.2. The SMILES string of the molecule is CC(Oc1ccccc1Cl)C(=O)Nc1ccc2c(c1)n(C)c(=O)n2C. The summed E-state index contributed by atoms with van der Waals surface area (Å²) in [7, 11) is 3.40. The number of halogens is 1. The fourth-order valence-electron chi connectivity index (χ4n) is 2.61. The molecular weight excluding hydrogens is 342 g/mol. The average Bonchev–Trinajstić information content (AvgIpc) is 2.81. The highest BCUT2D eigenvalue weighted by Gasteiger charge is 2.17. The van der Waals surface area contributed by atoms with E-state index in [-0.39, 0.29) is 11.6 Å². The first-order valence-electron chi connectivity index (χ1n) is 7.76. The summed E-state index contributed by atoms with van der Waals surface area (Å²) in [5, 5.41) is 3.24. The molecule has 2 aromatic carbocycles. The molecule has 0 saturated carbocycles. The quantitative estimate of drug-likeness (QED) is 0.779. The first-order chi connectivity index (χ1) is 11.9. The molecule has 1 aromatic heterocycles. The third-order valence-corrected chi connectivity index (χ3v) is 4.36. The molecule has 0 radical (unpaired) electrons. The molecule has 130 valence electrons. The van der Waals surface area contributed by atoms with Crippen LogP contribution in [-0.2, 0) is 18.9 Å². The number of nitrogens with one attached hydrogen (secondary N) is 1. The van der Waals surface area contributed by atoms with Crippen LogP contribution in [0.3, 0.4) is 0 Å². The smallest absolute Gasteiger partial charge is 0.328 e. The zero-order valence-electron chi connectivity index (χ0n) is 14.1. The number of aryl methyl sites for hydroxylation is 2. The maximum atomic E-state index is 12.4. The molecule has 0 aliphatic heterocycles. The van der Waals surface area contributed by atoms with Crippen molar-refractivity contribution >= 4 is 34.2 Å². The summed E-state index contributed by atoms with van der Waals surface area (Å²) < 4.78 is 8.71. The van der Waals surface area contributed by atoms with Gasteiger partial charge in [-0.05, 0) is 37.3 Å². The Balaban J connectivity index is 1.78. The van der Waals surface area contributed by atoms with Crippen LogP contribution >= 0.6 is 11.6 Å². The van der Waals surface area contributed by atoms with Crippen molar-refractivity contribution in [2.75, 3.05) is 5.32 Å². The maximum Gasteiger partial charge on any atom is 0.328 e. The van der Waals surface area contributed by atoms with Crippen LogP contribution in [0.5, 0.6) is 5.75 Å². The summed E-state index contributed by atoms with van der Waals surface area (Å²) in [4.78, 5) is 24.3. The molecule has 1 atom stereocenters. The Bertz CT molecular complexity index is 1010. The number of amides is 1. The molecule has 0 saturated heterocycles. The van der Waals surface area contributed by atoms with E-state index in [1.165, 1.54) is 4.57 Å². The van der Waals surface area contributed by atoms with E-state index < -0.39 is 6.10 Å². The number of anilines is 1. The largest absolute Gasteiger partial charge is 0.479 e. The van der Waals surface area contributed by atoms with Gasteiger partial charge in [0.15, 0.2) is 6.10 Å². The molecule has 1 unspecified atom stereocenters. The van der Waals surface area contributed by atoms with Crippen molar-refractivity contribution in [2.45, 2.75) is 13.0 Å². The summed E-state index contributed by atoms with van der Waals surface area (Å²) in [6.45, 7) is 1.65. The van der Waals surface area contributed by atoms with Gasteiger partial charge in [0.1, 0.15) is 5.75 Å². The molecule has 25 heavy (non-hydrogen) atoms. The lowest BCUT2D eigenvalue weighted by molar-refractivity contribution is -0.122. The topological polar surface area (TPSA) is 65.3 Å². The fraction of sp³-hybridized carbons (Fsp3) is 0.222. The molecule has 0 fully saturated rings. The van der Waals surface area contributed by atoms with Crippen molar-refractivity contribution in [1.82, 2.24) is 9.13 Å². The van der Waals surface area contributed by atoms with E-state index in [1.807, 2.05) is 0 Å². The van der Waals surface area contributed by atoms with Gasteiger partial charge in [0.2, 0.25) is 0 Å². The number of rotatable bonds is 4. The molecule has 0 aliphatic rings. The highest BCUT2D eigenvalue weighted by Crippen LogP contribution is 2.24. The number of carbonyl (C=O) groups is 1. The molecule has 3 rings (SSSR count). The van der Waals surface area contributed by atoms with Gasteiger partial charge in [0.05, 0.1) is 16.1 Å². The van der Waals surface area contributed by atoms with Gasteiger partial charge >= 0.3 is 5.69 Å². The van der Waals surface area contributed by atoms with E-state index in [1.54, 1.807) is 68.1 Å². The summed E-state index contributed by atoms with van der Waals surface area (Å²) in [6.07, 6.45) is -0.727. The molecular formula is C18H18ClN3O3. The minimum Gasteiger partial charge on any atom is -0.479 e. The Morgan fingerprint density at radius 2 is 1.80 bits per heavy atom. The minimum absolute atomic E-state index is 0.117. The van der Waals surface area contributed by atoms with Crippen LogP contribution in [0.15, 0.2) is 47.3 Å². The van der Waals surface area contributed by atoms with Gasteiger partial charge in [-0.1, -0.05) is 23.7 Å². The number of carbonyl (C=O) groups excluding carboxylic acids is 1. The van der Waals surface area contributed by atoms with Gasteiger partial charge in [-0.15, -0.1) is 0 Å². The number of imidazole rings is 1. The molecule has 7 heteroatoms. The number of fused-ring (bicyclic) bond motifs is 1. The van der Waals surface area contributed by atoms with E-state index >= 15 is 0 Å². The highest BCUT2D eigenvalue weighted by atomic mass is 35.5. The van der Waals surface area contributed by atoms with E-state index in [9.17, 15) is 9.59 Å². The van der Waals surface area contributed by atoms with Crippen molar-refractivity contribution < 1.29 is 9.53 Å². The number of para-hydroxylation sites is 1. The van der Waals surface area contributed by atoms with E-state index in [0.717, 1.165) is 11.0 Å². The summed E-state index contributed by atoms with van der Waals surface area (Å²) in [6, 6.07) is 12.3. The summed E-state index contributed by atoms with van der Waals surface area (Å²) in [5.74, 6) is 0.146. The average molecular weight is 360 g/mol. The Kier molecular flexibility index (Phi) is 4.55. The van der Waals surface area contributed by atoms with Gasteiger partial charge in [0, 0.05) is 19.8 Å². The van der Waals surface area contributed by atoms with Crippen LogP contribution in [0.1, 0.15) is 6.92 Å². The second-order valence-electron chi connectivity index (χ2n) is 5.78. The molecule has 0 aliphatic carbocycles. The van der Waals surface area contributed by atoms with Crippen LogP contribution in [-0.4, -0.2) is 21.1 Å². The van der Waals surface area contributed by atoms with E-state index in [0.29, 0.717) is 16.5 Å². The number of hydrogen-bond donors (Lipinski definition) is 1.